The predicted molar refractivity (Wildman–Crippen MR) is 88.4 cm³/mol. The predicted octanol–water partition coefficient (Wildman–Crippen LogP) is 2.88. The average Bonchev–Trinajstić information content (AvgIpc) is 2.93. The van der Waals surface area contributed by atoms with Crippen LogP contribution in [0.1, 0.15) is 61.8 Å². The van der Waals surface area contributed by atoms with Crippen LogP contribution < -0.4 is 5.32 Å². The van der Waals surface area contributed by atoms with Crippen LogP contribution >= 0.6 is 0 Å². The molecule has 0 spiro atoms. The summed E-state index contributed by atoms with van der Waals surface area (Å²) in [5.41, 5.74) is -0.462. The number of rotatable bonds is 5. The second-order valence-electron chi connectivity index (χ2n) is 8.44. The standard InChI is InChI=1S/C19H27NO4/c1-12(20-17(21)16-4-3-15(24-16)10-23-2)18-6-13-5-14(7-18)9-19(22,8-13)11-18/h3-4,12-14,22H,5-11H2,1-2H3,(H,20,21)/t12-,13-,14-,18?,19?/m1/s1. The van der Waals surface area contributed by atoms with E-state index in [4.69, 9.17) is 9.15 Å². The van der Waals surface area contributed by atoms with Crippen molar-refractivity contribution in [3.05, 3.63) is 23.7 Å². The summed E-state index contributed by atoms with van der Waals surface area (Å²) >= 11 is 0. The van der Waals surface area contributed by atoms with E-state index in [-0.39, 0.29) is 17.4 Å². The first-order chi connectivity index (χ1) is 11.4. The van der Waals surface area contributed by atoms with Gasteiger partial charge in [-0.05, 0) is 74.8 Å². The number of carbonyl (C=O) groups is 1. The van der Waals surface area contributed by atoms with Crippen molar-refractivity contribution in [2.24, 2.45) is 17.3 Å². The first kappa shape index (κ1) is 16.2. The SMILES string of the molecule is COCc1ccc(C(=O)N[C@H](C)C23C[C@H]4C[C@@H](CC(O)(C4)C2)C3)o1. The van der Waals surface area contributed by atoms with Crippen LogP contribution in [0.2, 0.25) is 0 Å². The van der Waals surface area contributed by atoms with Crippen LogP contribution in [0, 0.1) is 17.3 Å². The van der Waals surface area contributed by atoms with E-state index in [9.17, 15) is 9.90 Å². The minimum atomic E-state index is -0.501. The minimum Gasteiger partial charge on any atom is -0.453 e. The molecule has 5 heteroatoms. The molecule has 132 valence electrons. The van der Waals surface area contributed by atoms with Crippen LogP contribution in [-0.2, 0) is 11.3 Å². The first-order valence-corrected chi connectivity index (χ1v) is 9.02. The average molecular weight is 333 g/mol. The van der Waals surface area contributed by atoms with Gasteiger partial charge in [0, 0.05) is 13.2 Å². The van der Waals surface area contributed by atoms with E-state index in [0.717, 1.165) is 32.1 Å². The van der Waals surface area contributed by atoms with Gasteiger partial charge in [0.2, 0.25) is 0 Å². The van der Waals surface area contributed by atoms with Crippen molar-refractivity contribution in [3.63, 3.8) is 0 Å². The van der Waals surface area contributed by atoms with E-state index in [2.05, 4.69) is 12.2 Å². The summed E-state index contributed by atoms with van der Waals surface area (Å²) in [5.74, 6) is 2.05. The van der Waals surface area contributed by atoms with Gasteiger partial charge in [-0.2, -0.15) is 0 Å². The van der Waals surface area contributed by atoms with Crippen molar-refractivity contribution in [2.45, 2.75) is 63.7 Å². The lowest BCUT2D eigenvalue weighted by molar-refractivity contribution is -0.171. The monoisotopic (exact) mass is 333 g/mol. The van der Waals surface area contributed by atoms with E-state index in [1.165, 1.54) is 6.42 Å². The minimum absolute atomic E-state index is 0.0381. The highest BCUT2D eigenvalue weighted by molar-refractivity contribution is 5.91. The molecule has 5 rings (SSSR count). The molecule has 24 heavy (non-hydrogen) atoms. The van der Waals surface area contributed by atoms with Crippen molar-refractivity contribution in [2.75, 3.05) is 7.11 Å². The van der Waals surface area contributed by atoms with E-state index >= 15 is 0 Å². The molecule has 0 aromatic carbocycles. The summed E-state index contributed by atoms with van der Waals surface area (Å²) in [6.45, 7) is 2.45. The van der Waals surface area contributed by atoms with Crippen LogP contribution in [0.4, 0.5) is 0 Å². The molecule has 4 saturated carbocycles. The Kier molecular flexibility index (Phi) is 3.77. The number of furan rings is 1. The zero-order valence-corrected chi connectivity index (χ0v) is 14.5. The number of amides is 1. The third-order valence-electron chi connectivity index (χ3n) is 6.51. The molecule has 4 aliphatic carbocycles. The molecule has 1 amide bonds. The van der Waals surface area contributed by atoms with Crippen LogP contribution in [0.3, 0.4) is 0 Å². The molecule has 0 aliphatic heterocycles. The number of ether oxygens (including phenoxy) is 1. The van der Waals surface area contributed by atoms with Crippen LogP contribution in [0.5, 0.6) is 0 Å². The molecule has 3 atom stereocenters. The molecular weight excluding hydrogens is 306 g/mol. The lowest BCUT2D eigenvalue weighted by Gasteiger charge is -2.62. The molecule has 0 radical (unpaired) electrons. The third kappa shape index (κ3) is 2.68. The Balaban J connectivity index is 1.47. The number of hydrogen-bond donors (Lipinski definition) is 2. The zero-order chi connectivity index (χ0) is 16.9. The molecule has 1 aromatic heterocycles. The fourth-order valence-corrected chi connectivity index (χ4v) is 5.93. The number of nitrogens with one attached hydrogen (secondary N) is 1. The lowest BCUT2D eigenvalue weighted by atomic mass is 9.46. The zero-order valence-electron chi connectivity index (χ0n) is 14.5. The van der Waals surface area contributed by atoms with E-state index < -0.39 is 5.60 Å². The Hall–Kier alpha value is -1.33. The molecule has 1 heterocycles. The molecule has 4 bridgehead atoms. The van der Waals surface area contributed by atoms with Gasteiger partial charge >= 0.3 is 0 Å². The third-order valence-corrected chi connectivity index (χ3v) is 6.51. The van der Waals surface area contributed by atoms with Gasteiger partial charge in [-0.25, -0.2) is 0 Å². The summed E-state index contributed by atoms with van der Waals surface area (Å²) in [6, 6.07) is 3.51. The molecule has 5 nitrogen and oxygen atoms in total. The number of aliphatic hydroxyl groups is 1. The molecular formula is C19H27NO4. The molecule has 2 N–H and O–H groups in total. The number of methoxy groups -OCH3 is 1. The normalized spacial score (nSPS) is 38.3. The molecule has 0 saturated heterocycles. The van der Waals surface area contributed by atoms with Gasteiger partial charge in [0.1, 0.15) is 12.4 Å². The maximum absolute atomic E-state index is 12.5. The first-order valence-electron chi connectivity index (χ1n) is 9.02. The maximum Gasteiger partial charge on any atom is 0.287 e. The molecule has 4 aliphatic rings. The van der Waals surface area contributed by atoms with Gasteiger partial charge in [-0.15, -0.1) is 0 Å². The van der Waals surface area contributed by atoms with Crippen molar-refractivity contribution >= 4 is 5.91 Å². The Bertz CT molecular complexity index is 623. The Morgan fingerprint density at radius 2 is 2.08 bits per heavy atom. The summed E-state index contributed by atoms with van der Waals surface area (Å²) in [5, 5.41) is 14.0. The van der Waals surface area contributed by atoms with Gasteiger partial charge in [0.25, 0.3) is 5.91 Å². The van der Waals surface area contributed by atoms with Gasteiger partial charge in [-0.3, -0.25) is 4.79 Å². The lowest BCUT2D eigenvalue weighted by Crippen LogP contribution is -2.61. The number of hydrogen-bond acceptors (Lipinski definition) is 4. The van der Waals surface area contributed by atoms with E-state index in [0.29, 0.717) is 30.0 Å². The molecule has 0 unspecified atom stereocenters. The van der Waals surface area contributed by atoms with Crippen LogP contribution in [-0.4, -0.2) is 29.8 Å². The highest BCUT2D eigenvalue weighted by Gasteiger charge is 2.59. The number of carbonyl (C=O) groups excluding carboxylic acids is 1. The van der Waals surface area contributed by atoms with Gasteiger partial charge in [0.05, 0.1) is 5.60 Å². The van der Waals surface area contributed by atoms with Gasteiger partial charge in [-0.1, -0.05) is 0 Å². The smallest absolute Gasteiger partial charge is 0.287 e. The summed E-state index contributed by atoms with van der Waals surface area (Å²) in [6.07, 6.45) is 6.22. The largest absolute Gasteiger partial charge is 0.453 e. The van der Waals surface area contributed by atoms with Crippen molar-refractivity contribution in [1.29, 1.82) is 0 Å². The summed E-state index contributed by atoms with van der Waals surface area (Å²) < 4.78 is 10.6. The van der Waals surface area contributed by atoms with Gasteiger partial charge in [0.15, 0.2) is 5.76 Å². The van der Waals surface area contributed by atoms with Gasteiger partial charge < -0.3 is 19.6 Å². The summed E-state index contributed by atoms with van der Waals surface area (Å²) in [7, 11) is 1.60. The topological polar surface area (TPSA) is 71.7 Å². The van der Waals surface area contributed by atoms with Crippen LogP contribution in [0.25, 0.3) is 0 Å². The van der Waals surface area contributed by atoms with E-state index in [1.54, 1.807) is 19.2 Å². The van der Waals surface area contributed by atoms with Crippen molar-refractivity contribution in [1.82, 2.24) is 5.32 Å². The highest BCUT2D eigenvalue weighted by atomic mass is 16.5. The summed E-state index contributed by atoms with van der Waals surface area (Å²) in [4.78, 5) is 12.5. The fraction of sp³-hybridized carbons (Fsp3) is 0.737. The Morgan fingerprint density at radius 3 is 2.71 bits per heavy atom. The van der Waals surface area contributed by atoms with Crippen molar-refractivity contribution < 1.29 is 19.1 Å². The van der Waals surface area contributed by atoms with Crippen LogP contribution in [0.15, 0.2) is 16.5 Å². The quantitative estimate of drug-likeness (QED) is 0.869. The van der Waals surface area contributed by atoms with E-state index in [1.807, 2.05) is 0 Å². The second-order valence-corrected chi connectivity index (χ2v) is 8.44. The Morgan fingerprint density at radius 1 is 1.38 bits per heavy atom. The highest BCUT2D eigenvalue weighted by Crippen LogP contribution is 2.62. The molecule has 4 fully saturated rings. The second kappa shape index (κ2) is 5.60. The van der Waals surface area contributed by atoms with Crippen molar-refractivity contribution in [3.8, 4) is 0 Å². The maximum atomic E-state index is 12.5. The Labute approximate surface area is 142 Å². The molecule has 1 aromatic rings. The fourth-order valence-electron chi connectivity index (χ4n) is 5.93.